The lowest BCUT2D eigenvalue weighted by atomic mass is 10.2. The largest absolute Gasteiger partial charge is 0.480 e. The van der Waals surface area contributed by atoms with Crippen molar-refractivity contribution < 1.29 is 19.4 Å². The van der Waals surface area contributed by atoms with Gasteiger partial charge in [0, 0.05) is 24.2 Å². The molecule has 0 saturated heterocycles. The van der Waals surface area contributed by atoms with Crippen LogP contribution in [0.2, 0.25) is 0 Å². The van der Waals surface area contributed by atoms with Gasteiger partial charge in [-0.05, 0) is 17.7 Å². The standard InChI is InChI=1S/C14H16BrNO4/c1-20-9-8-16(10-14(18)19)13(17)7-6-11-4-2-3-5-12(11)15/h2-7H,8-10H2,1H3,(H,18,19). The van der Waals surface area contributed by atoms with Crippen LogP contribution in [0.25, 0.3) is 6.08 Å². The quantitative estimate of drug-likeness (QED) is 0.770. The third-order valence-electron chi connectivity index (χ3n) is 2.51. The summed E-state index contributed by atoms with van der Waals surface area (Å²) in [5.74, 6) is -1.41. The van der Waals surface area contributed by atoms with Gasteiger partial charge in [0.05, 0.1) is 6.61 Å². The van der Waals surface area contributed by atoms with E-state index in [1.165, 1.54) is 18.1 Å². The zero-order valence-corrected chi connectivity index (χ0v) is 12.7. The monoisotopic (exact) mass is 341 g/mol. The van der Waals surface area contributed by atoms with Crippen molar-refractivity contribution in [3.63, 3.8) is 0 Å². The maximum atomic E-state index is 12.0. The summed E-state index contributed by atoms with van der Waals surface area (Å²) in [4.78, 5) is 23.9. The summed E-state index contributed by atoms with van der Waals surface area (Å²) in [7, 11) is 1.50. The molecule has 0 aliphatic heterocycles. The van der Waals surface area contributed by atoms with Crippen LogP contribution in [0.3, 0.4) is 0 Å². The summed E-state index contributed by atoms with van der Waals surface area (Å²) in [6, 6.07) is 7.45. The molecule has 0 fully saturated rings. The molecular formula is C14H16BrNO4. The number of ether oxygens (including phenoxy) is 1. The van der Waals surface area contributed by atoms with Gasteiger partial charge in [-0.25, -0.2) is 0 Å². The summed E-state index contributed by atoms with van der Waals surface area (Å²) in [5, 5.41) is 8.80. The molecule has 20 heavy (non-hydrogen) atoms. The van der Waals surface area contributed by atoms with Gasteiger partial charge in [-0.2, -0.15) is 0 Å². The number of rotatable bonds is 7. The molecule has 0 aromatic heterocycles. The van der Waals surface area contributed by atoms with Gasteiger partial charge in [0.1, 0.15) is 6.54 Å². The lowest BCUT2D eigenvalue weighted by molar-refractivity contribution is -0.143. The van der Waals surface area contributed by atoms with Crippen LogP contribution in [0.1, 0.15) is 5.56 Å². The van der Waals surface area contributed by atoms with E-state index in [0.717, 1.165) is 10.0 Å². The van der Waals surface area contributed by atoms with E-state index in [0.29, 0.717) is 6.61 Å². The van der Waals surface area contributed by atoms with Gasteiger partial charge in [-0.15, -0.1) is 0 Å². The maximum Gasteiger partial charge on any atom is 0.323 e. The second-order valence-corrected chi connectivity index (χ2v) is 4.86. The molecule has 0 unspecified atom stereocenters. The molecular weight excluding hydrogens is 326 g/mol. The Bertz CT molecular complexity index is 502. The van der Waals surface area contributed by atoms with Crippen LogP contribution in [0.4, 0.5) is 0 Å². The van der Waals surface area contributed by atoms with Crippen molar-refractivity contribution >= 4 is 33.9 Å². The average molecular weight is 342 g/mol. The van der Waals surface area contributed by atoms with Crippen LogP contribution >= 0.6 is 15.9 Å². The highest BCUT2D eigenvalue weighted by Gasteiger charge is 2.13. The van der Waals surface area contributed by atoms with E-state index in [9.17, 15) is 9.59 Å². The van der Waals surface area contributed by atoms with Gasteiger partial charge in [0.25, 0.3) is 0 Å². The molecule has 1 rings (SSSR count). The third kappa shape index (κ3) is 5.54. The molecule has 0 atom stereocenters. The lowest BCUT2D eigenvalue weighted by Crippen LogP contribution is -2.36. The third-order valence-corrected chi connectivity index (χ3v) is 3.24. The minimum Gasteiger partial charge on any atom is -0.480 e. The molecule has 1 aromatic rings. The predicted molar refractivity (Wildman–Crippen MR) is 79.3 cm³/mol. The summed E-state index contributed by atoms with van der Waals surface area (Å²) >= 11 is 3.38. The minimum atomic E-state index is -1.05. The molecule has 0 aliphatic rings. The van der Waals surface area contributed by atoms with E-state index < -0.39 is 5.97 Å². The SMILES string of the molecule is COCCN(CC(=O)O)C(=O)C=Cc1ccccc1Br. The normalized spacial score (nSPS) is 10.7. The Hall–Kier alpha value is -1.66. The first-order chi connectivity index (χ1) is 9.54. The zero-order valence-electron chi connectivity index (χ0n) is 11.1. The minimum absolute atomic E-state index is 0.238. The first-order valence-corrected chi connectivity index (χ1v) is 6.76. The number of carbonyl (C=O) groups is 2. The molecule has 0 bridgehead atoms. The molecule has 108 valence electrons. The number of amides is 1. The van der Waals surface area contributed by atoms with E-state index in [4.69, 9.17) is 9.84 Å². The van der Waals surface area contributed by atoms with Crippen molar-refractivity contribution in [1.82, 2.24) is 4.90 Å². The number of carboxylic acids is 1. The fraction of sp³-hybridized carbons (Fsp3) is 0.286. The Morgan fingerprint density at radius 1 is 1.40 bits per heavy atom. The van der Waals surface area contributed by atoms with Gasteiger partial charge in [0.15, 0.2) is 0 Å². The first-order valence-electron chi connectivity index (χ1n) is 5.97. The van der Waals surface area contributed by atoms with Gasteiger partial charge in [0.2, 0.25) is 5.91 Å². The Labute approximate surface area is 126 Å². The van der Waals surface area contributed by atoms with Crippen molar-refractivity contribution in [1.29, 1.82) is 0 Å². The highest BCUT2D eigenvalue weighted by atomic mass is 79.9. The molecule has 0 heterocycles. The molecule has 0 radical (unpaired) electrons. The van der Waals surface area contributed by atoms with Gasteiger partial charge >= 0.3 is 5.97 Å². The lowest BCUT2D eigenvalue weighted by Gasteiger charge is -2.18. The van der Waals surface area contributed by atoms with Crippen molar-refractivity contribution in [2.24, 2.45) is 0 Å². The first kappa shape index (κ1) is 16.4. The van der Waals surface area contributed by atoms with E-state index in [1.54, 1.807) is 6.08 Å². The molecule has 1 aromatic carbocycles. The van der Waals surface area contributed by atoms with Crippen LogP contribution in [-0.2, 0) is 14.3 Å². The van der Waals surface area contributed by atoms with E-state index in [2.05, 4.69) is 15.9 Å². The van der Waals surface area contributed by atoms with Crippen LogP contribution in [0, 0.1) is 0 Å². The number of hydrogen-bond acceptors (Lipinski definition) is 3. The molecule has 0 saturated carbocycles. The van der Waals surface area contributed by atoms with Crippen molar-refractivity contribution in [3.8, 4) is 0 Å². The average Bonchev–Trinajstić information content (AvgIpc) is 2.41. The topological polar surface area (TPSA) is 66.8 Å². The molecule has 5 nitrogen and oxygen atoms in total. The summed E-state index contributed by atoms with van der Waals surface area (Å²) in [5.41, 5.74) is 0.850. The van der Waals surface area contributed by atoms with Crippen molar-refractivity contribution in [2.45, 2.75) is 0 Å². The van der Waals surface area contributed by atoms with Crippen molar-refractivity contribution in [3.05, 3.63) is 40.4 Å². The predicted octanol–water partition coefficient (Wildman–Crippen LogP) is 2.02. The molecule has 1 N–H and O–H groups in total. The Kier molecular flexibility index (Phi) is 6.97. The number of aliphatic carboxylic acids is 1. The number of carboxylic acid groups (broad SMARTS) is 1. The fourth-order valence-electron chi connectivity index (χ4n) is 1.51. The van der Waals surface area contributed by atoms with E-state index >= 15 is 0 Å². The Balaban J connectivity index is 2.74. The fourth-order valence-corrected chi connectivity index (χ4v) is 1.93. The number of nitrogens with zero attached hydrogens (tertiary/aromatic N) is 1. The van der Waals surface area contributed by atoms with Gasteiger partial charge < -0.3 is 14.7 Å². The number of halogens is 1. The van der Waals surface area contributed by atoms with Crippen LogP contribution in [0.5, 0.6) is 0 Å². The Morgan fingerprint density at radius 3 is 2.70 bits per heavy atom. The van der Waals surface area contributed by atoms with E-state index in [1.807, 2.05) is 24.3 Å². The van der Waals surface area contributed by atoms with Crippen LogP contribution in [-0.4, -0.2) is 48.7 Å². The second-order valence-electron chi connectivity index (χ2n) is 4.00. The smallest absolute Gasteiger partial charge is 0.323 e. The highest BCUT2D eigenvalue weighted by molar-refractivity contribution is 9.10. The number of methoxy groups -OCH3 is 1. The highest BCUT2D eigenvalue weighted by Crippen LogP contribution is 2.17. The number of hydrogen-bond donors (Lipinski definition) is 1. The molecule has 0 aliphatic carbocycles. The summed E-state index contributed by atoms with van der Waals surface area (Å²) < 4.78 is 5.73. The second kappa shape index (κ2) is 8.50. The summed E-state index contributed by atoms with van der Waals surface area (Å²) in [6.45, 7) is 0.187. The zero-order chi connectivity index (χ0) is 15.0. The van der Waals surface area contributed by atoms with Crippen molar-refractivity contribution in [2.75, 3.05) is 26.8 Å². The molecule has 1 amide bonds. The Morgan fingerprint density at radius 2 is 2.10 bits per heavy atom. The van der Waals surface area contributed by atoms with Crippen LogP contribution in [0.15, 0.2) is 34.8 Å². The number of benzene rings is 1. The molecule has 6 heteroatoms. The van der Waals surface area contributed by atoms with Crippen LogP contribution < -0.4 is 0 Å². The maximum absolute atomic E-state index is 12.0. The van der Waals surface area contributed by atoms with Gasteiger partial charge in [-0.1, -0.05) is 34.1 Å². The number of carbonyl (C=O) groups excluding carboxylic acids is 1. The van der Waals surface area contributed by atoms with E-state index in [-0.39, 0.29) is 19.0 Å². The molecule has 0 spiro atoms. The summed E-state index contributed by atoms with van der Waals surface area (Å²) in [6.07, 6.45) is 3.01. The van der Waals surface area contributed by atoms with Gasteiger partial charge in [-0.3, -0.25) is 9.59 Å².